The highest BCUT2D eigenvalue weighted by atomic mass is 16.5. The zero-order valence-electron chi connectivity index (χ0n) is 14.1. The number of aromatic nitrogens is 2. The van der Waals surface area contributed by atoms with Crippen LogP contribution >= 0.6 is 0 Å². The van der Waals surface area contributed by atoms with E-state index in [0.717, 1.165) is 19.5 Å². The third kappa shape index (κ3) is 4.41. The molecule has 6 nitrogen and oxygen atoms in total. The zero-order valence-corrected chi connectivity index (χ0v) is 14.1. The monoisotopic (exact) mass is 328 g/mol. The maximum Gasteiger partial charge on any atom is 0.292 e. The van der Waals surface area contributed by atoms with Gasteiger partial charge in [0.15, 0.2) is 0 Å². The number of hydrogen-bond donors (Lipinski definition) is 1. The van der Waals surface area contributed by atoms with Crippen LogP contribution in [-0.4, -0.2) is 41.1 Å². The minimum Gasteiger partial charge on any atom is -0.352 e. The molecule has 0 bridgehead atoms. The van der Waals surface area contributed by atoms with Crippen molar-refractivity contribution in [2.75, 3.05) is 20.1 Å². The highest BCUT2D eigenvalue weighted by molar-refractivity contribution is 5.89. The van der Waals surface area contributed by atoms with E-state index >= 15 is 0 Å². The van der Waals surface area contributed by atoms with Crippen LogP contribution in [0.2, 0.25) is 0 Å². The van der Waals surface area contributed by atoms with Crippen molar-refractivity contribution in [3.05, 3.63) is 47.6 Å². The lowest BCUT2D eigenvalue weighted by Gasteiger charge is -2.31. The Balaban J connectivity index is 1.50. The van der Waals surface area contributed by atoms with Crippen LogP contribution in [0.4, 0.5) is 0 Å². The Morgan fingerprint density at radius 1 is 1.38 bits per heavy atom. The van der Waals surface area contributed by atoms with Crippen LogP contribution in [0.15, 0.2) is 34.9 Å². The molecule has 1 atom stereocenters. The first-order valence-corrected chi connectivity index (χ1v) is 8.55. The lowest BCUT2D eigenvalue weighted by Crippen LogP contribution is -2.35. The molecular weight excluding hydrogens is 304 g/mol. The molecule has 1 N–H and O–H groups in total. The predicted molar refractivity (Wildman–Crippen MR) is 90.5 cm³/mol. The fourth-order valence-electron chi connectivity index (χ4n) is 3.26. The quantitative estimate of drug-likeness (QED) is 0.881. The Morgan fingerprint density at radius 2 is 2.21 bits per heavy atom. The molecule has 2 aromatic rings. The van der Waals surface area contributed by atoms with Crippen LogP contribution in [0.3, 0.4) is 0 Å². The van der Waals surface area contributed by atoms with E-state index in [1.807, 2.05) is 0 Å². The summed E-state index contributed by atoms with van der Waals surface area (Å²) in [5.41, 5.74) is 1.40. The highest BCUT2D eigenvalue weighted by Gasteiger charge is 2.22. The van der Waals surface area contributed by atoms with Crippen molar-refractivity contribution in [1.29, 1.82) is 0 Å². The summed E-state index contributed by atoms with van der Waals surface area (Å²) in [5.74, 6) is 0.993. The van der Waals surface area contributed by atoms with Crippen molar-refractivity contribution in [1.82, 2.24) is 20.4 Å². The van der Waals surface area contributed by atoms with Gasteiger partial charge in [0, 0.05) is 13.6 Å². The molecule has 1 aliphatic heterocycles. The molecule has 128 valence electrons. The number of carbonyl (C=O) groups excluding carboxylic acids is 1. The van der Waals surface area contributed by atoms with Gasteiger partial charge in [0.1, 0.15) is 0 Å². The number of amides is 1. The number of piperidine rings is 1. The molecule has 3 rings (SSSR count). The first kappa shape index (κ1) is 16.6. The van der Waals surface area contributed by atoms with Gasteiger partial charge in [0.05, 0.1) is 6.54 Å². The van der Waals surface area contributed by atoms with Crippen molar-refractivity contribution in [3.63, 3.8) is 0 Å². The van der Waals surface area contributed by atoms with Crippen LogP contribution in [0.25, 0.3) is 0 Å². The summed E-state index contributed by atoms with van der Waals surface area (Å²) in [6.45, 7) is 2.70. The number of hydrogen-bond acceptors (Lipinski definition) is 5. The van der Waals surface area contributed by atoms with Gasteiger partial charge in [-0.2, -0.15) is 4.98 Å². The molecule has 0 saturated carbocycles. The Labute approximate surface area is 142 Å². The predicted octanol–water partition coefficient (Wildman–Crippen LogP) is 2.27. The number of carbonyl (C=O) groups is 1. The third-order valence-electron chi connectivity index (χ3n) is 4.54. The van der Waals surface area contributed by atoms with Gasteiger partial charge in [-0.05, 0) is 43.7 Å². The summed E-state index contributed by atoms with van der Waals surface area (Å²) < 4.78 is 5.19. The third-order valence-corrected chi connectivity index (χ3v) is 4.54. The normalized spacial score (nSPS) is 18.5. The van der Waals surface area contributed by atoms with E-state index in [1.165, 1.54) is 24.8 Å². The second kappa shape index (κ2) is 8.06. The van der Waals surface area contributed by atoms with E-state index < -0.39 is 0 Å². The molecule has 2 heterocycles. The molecule has 6 heteroatoms. The first-order chi connectivity index (χ1) is 11.7. The van der Waals surface area contributed by atoms with Gasteiger partial charge >= 0.3 is 0 Å². The second-order valence-corrected chi connectivity index (χ2v) is 6.36. The highest BCUT2D eigenvalue weighted by Crippen LogP contribution is 2.22. The standard InChI is InChI=1S/C18H24N4O2/c1-19-18(23)17-20-16(24-21-17)13-22-11-5-8-15(12-22)10-9-14-6-3-2-4-7-14/h2-4,6-7,15H,5,8-13H2,1H3,(H,19,23)/t15-/m1/s1. The van der Waals surface area contributed by atoms with E-state index in [0.29, 0.717) is 18.4 Å². The van der Waals surface area contributed by atoms with Crippen molar-refractivity contribution >= 4 is 5.91 Å². The SMILES string of the molecule is CNC(=O)c1noc(CN2CCC[C@H](CCc3ccccc3)C2)n1. The summed E-state index contributed by atoms with van der Waals surface area (Å²) in [6.07, 6.45) is 4.79. The topological polar surface area (TPSA) is 71.3 Å². The second-order valence-electron chi connectivity index (χ2n) is 6.36. The Bertz CT molecular complexity index is 656. The Hall–Kier alpha value is -2.21. The number of aryl methyl sites for hydroxylation is 1. The first-order valence-electron chi connectivity index (χ1n) is 8.55. The van der Waals surface area contributed by atoms with Gasteiger partial charge in [-0.15, -0.1) is 0 Å². The van der Waals surface area contributed by atoms with Gasteiger partial charge in [-0.3, -0.25) is 9.69 Å². The maximum atomic E-state index is 11.5. The molecule has 1 aromatic heterocycles. The van der Waals surface area contributed by atoms with Crippen LogP contribution < -0.4 is 5.32 Å². The maximum absolute atomic E-state index is 11.5. The van der Waals surface area contributed by atoms with E-state index in [9.17, 15) is 4.79 Å². The van der Waals surface area contributed by atoms with Gasteiger partial charge in [0.2, 0.25) is 5.89 Å². The average molecular weight is 328 g/mol. The Morgan fingerprint density at radius 3 is 3.00 bits per heavy atom. The van der Waals surface area contributed by atoms with Gasteiger partial charge < -0.3 is 9.84 Å². The lowest BCUT2D eigenvalue weighted by atomic mass is 9.91. The average Bonchev–Trinajstić information content (AvgIpc) is 3.09. The van der Waals surface area contributed by atoms with Crippen molar-refractivity contribution < 1.29 is 9.32 Å². The molecule has 1 fully saturated rings. The summed E-state index contributed by atoms with van der Waals surface area (Å²) in [5, 5.41) is 6.22. The summed E-state index contributed by atoms with van der Waals surface area (Å²) in [6, 6.07) is 10.6. The summed E-state index contributed by atoms with van der Waals surface area (Å²) in [4.78, 5) is 18.0. The van der Waals surface area contributed by atoms with E-state index in [1.54, 1.807) is 7.05 Å². The molecule has 1 amide bonds. The molecule has 1 aliphatic rings. The van der Waals surface area contributed by atoms with E-state index in [-0.39, 0.29) is 11.7 Å². The zero-order chi connectivity index (χ0) is 16.8. The molecule has 1 saturated heterocycles. The molecular formula is C18H24N4O2. The summed E-state index contributed by atoms with van der Waals surface area (Å²) in [7, 11) is 1.56. The van der Waals surface area contributed by atoms with Crippen molar-refractivity contribution in [2.45, 2.75) is 32.2 Å². The summed E-state index contributed by atoms with van der Waals surface area (Å²) >= 11 is 0. The van der Waals surface area contributed by atoms with Crippen LogP contribution in [0.5, 0.6) is 0 Å². The number of benzene rings is 1. The molecule has 24 heavy (non-hydrogen) atoms. The molecule has 0 aliphatic carbocycles. The number of nitrogens with one attached hydrogen (secondary N) is 1. The molecule has 1 aromatic carbocycles. The fraction of sp³-hybridized carbons (Fsp3) is 0.500. The van der Waals surface area contributed by atoms with E-state index in [2.05, 4.69) is 50.7 Å². The van der Waals surface area contributed by atoms with Crippen LogP contribution in [-0.2, 0) is 13.0 Å². The minimum absolute atomic E-state index is 0.102. The number of nitrogens with zero attached hydrogens (tertiary/aromatic N) is 3. The molecule has 0 unspecified atom stereocenters. The van der Waals surface area contributed by atoms with E-state index in [4.69, 9.17) is 4.52 Å². The minimum atomic E-state index is -0.315. The lowest BCUT2D eigenvalue weighted by molar-refractivity contribution is 0.0950. The van der Waals surface area contributed by atoms with Gasteiger partial charge in [0.25, 0.3) is 11.7 Å². The van der Waals surface area contributed by atoms with Crippen LogP contribution in [0.1, 0.15) is 41.3 Å². The van der Waals surface area contributed by atoms with Crippen molar-refractivity contribution in [3.8, 4) is 0 Å². The fourth-order valence-corrected chi connectivity index (χ4v) is 3.26. The van der Waals surface area contributed by atoms with Gasteiger partial charge in [-0.1, -0.05) is 35.5 Å². The van der Waals surface area contributed by atoms with Gasteiger partial charge in [-0.25, -0.2) is 0 Å². The Kier molecular flexibility index (Phi) is 5.59. The number of rotatable bonds is 6. The van der Waals surface area contributed by atoms with Crippen LogP contribution in [0, 0.1) is 5.92 Å². The van der Waals surface area contributed by atoms with Crippen molar-refractivity contribution in [2.24, 2.45) is 5.92 Å². The largest absolute Gasteiger partial charge is 0.352 e. The molecule has 0 radical (unpaired) electrons. The molecule has 0 spiro atoms. The number of likely N-dealkylation sites (tertiary alicyclic amines) is 1. The smallest absolute Gasteiger partial charge is 0.292 e.